The molecule has 52 heavy (non-hydrogen) atoms. The molecule has 0 saturated heterocycles. The van der Waals surface area contributed by atoms with Crippen molar-refractivity contribution in [3.8, 4) is 0 Å². The minimum Gasteiger partial charge on any atom is -0.394 e. The Balaban J connectivity index is 3.40. The fourth-order valence-corrected chi connectivity index (χ4v) is 6.07. The molecule has 0 bridgehead atoms. The van der Waals surface area contributed by atoms with Gasteiger partial charge in [0.2, 0.25) is 5.91 Å². The Kier molecular flexibility index (Phi) is 41.0. The van der Waals surface area contributed by atoms with Crippen molar-refractivity contribution in [1.82, 2.24) is 5.32 Å². The van der Waals surface area contributed by atoms with Crippen LogP contribution in [0.1, 0.15) is 194 Å². The van der Waals surface area contributed by atoms with Crippen LogP contribution in [0.5, 0.6) is 0 Å². The highest BCUT2D eigenvalue weighted by atomic mass is 16.3. The lowest BCUT2D eigenvalue weighted by Gasteiger charge is -2.19. The van der Waals surface area contributed by atoms with E-state index in [0.717, 1.165) is 64.2 Å². The average Bonchev–Trinajstić information content (AvgIpc) is 3.15. The van der Waals surface area contributed by atoms with Crippen LogP contribution in [-0.2, 0) is 4.79 Å². The number of aliphatic hydroxyl groups is 2. The third-order valence-corrected chi connectivity index (χ3v) is 9.37. The summed E-state index contributed by atoms with van der Waals surface area (Å²) in [6.45, 7) is 3.99. The van der Waals surface area contributed by atoms with Gasteiger partial charge in [0.25, 0.3) is 0 Å². The molecule has 4 heteroatoms. The van der Waals surface area contributed by atoms with Crippen molar-refractivity contribution in [3.05, 3.63) is 85.1 Å². The van der Waals surface area contributed by atoms with Crippen LogP contribution < -0.4 is 5.32 Å². The molecule has 0 aromatic carbocycles. The van der Waals surface area contributed by atoms with Gasteiger partial charge >= 0.3 is 0 Å². The van der Waals surface area contributed by atoms with E-state index in [-0.39, 0.29) is 12.5 Å². The molecule has 0 spiro atoms. The maximum atomic E-state index is 12.2. The number of nitrogens with one attached hydrogen (secondary N) is 1. The summed E-state index contributed by atoms with van der Waals surface area (Å²) >= 11 is 0. The van der Waals surface area contributed by atoms with Crippen molar-refractivity contribution in [1.29, 1.82) is 0 Å². The Bertz CT molecular complexity index is 957. The predicted molar refractivity (Wildman–Crippen MR) is 230 cm³/mol. The van der Waals surface area contributed by atoms with Crippen molar-refractivity contribution in [2.75, 3.05) is 6.61 Å². The van der Waals surface area contributed by atoms with E-state index in [4.69, 9.17) is 0 Å². The highest BCUT2D eigenvalue weighted by molar-refractivity contribution is 5.76. The van der Waals surface area contributed by atoms with Crippen LogP contribution in [0.25, 0.3) is 0 Å². The van der Waals surface area contributed by atoms with Gasteiger partial charge in [0, 0.05) is 6.42 Å². The second kappa shape index (κ2) is 43.0. The highest BCUT2D eigenvalue weighted by Gasteiger charge is 2.17. The van der Waals surface area contributed by atoms with Crippen molar-refractivity contribution in [3.63, 3.8) is 0 Å². The Labute approximate surface area is 322 Å². The molecule has 0 aromatic rings. The van der Waals surface area contributed by atoms with E-state index < -0.39 is 12.1 Å². The number of hydrogen-bond donors (Lipinski definition) is 3. The van der Waals surface area contributed by atoms with Gasteiger partial charge < -0.3 is 15.5 Å². The normalized spacial score (nSPS) is 13.8. The Morgan fingerprint density at radius 2 is 0.846 bits per heavy atom. The van der Waals surface area contributed by atoms with Crippen LogP contribution >= 0.6 is 0 Å². The minimum atomic E-state index is -0.836. The van der Waals surface area contributed by atoms with Gasteiger partial charge in [0.1, 0.15) is 0 Å². The molecule has 2 atom stereocenters. The smallest absolute Gasteiger partial charge is 0.220 e. The van der Waals surface area contributed by atoms with Gasteiger partial charge in [-0.15, -0.1) is 0 Å². The molecule has 0 aliphatic carbocycles. The summed E-state index contributed by atoms with van der Waals surface area (Å²) in [7, 11) is 0. The molecule has 0 rings (SSSR count). The molecule has 0 saturated carbocycles. The van der Waals surface area contributed by atoms with Crippen LogP contribution in [0.4, 0.5) is 0 Å². The first-order valence-corrected chi connectivity index (χ1v) is 21.8. The lowest BCUT2D eigenvalue weighted by Crippen LogP contribution is -2.45. The van der Waals surface area contributed by atoms with Gasteiger partial charge in [-0.1, -0.05) is 208 Å². The Morgan fingerprint density at radius 3 is 1.23 bits per heavy atom. The fraction of sp³-hybridized carbons (Fsp3) is 0.688. The monoisotopic (exact) mass is 722 g/mol. The van der Waals surface area contributed by atoms with Crippen LogP contribution in [0.2, 0.25) is 0 Å². The summed E-state index contributed by atoms with van der Waals surface area (Å²) < 4.78 is 0. The van der Waals surface area contributed by atoms with Gasteiger partial charge in [-0.25, -0.2) is 0 Å². The van der Waals surface area contributed by atoms with Gasteiger partial charge in [-0.05, 0) is 64.2 Å². The van der Waals surface area contributed by atoms with E-state index >= 15 is 0 Å². The number of rotatable bonds is 38. The molecule has 0 aromatic heterocycles. The quantitative estimate of drug-likeness (QED) is 0.0439. The second-order valence-corrected chi connectivity index (χ2v) is 14.4. The molecular formula is C48H83NO3. The van der Waals surface area contributed by atoms with Crippen molar-refractivity contribution < 1.29 is 15.0 Å². The first kappa shape index (κ1) is 49.6. The molecule has 0 fully saturated rings. The zero-order valence-corrected chi connectivity index (χ0v) is 34.0. The number of amides is 1. The molecule has 0 aliphatic rings. The van der Waals surface area contributed by atoms with E-state index in [1.807, 2.05) is 6.08 Å². The molecule has 0 heterocycles. The van der Waals surface area contributed by atoms with Gasteiger partial charge in [0.05, 0.1) is 18.8 Å². The first-order valence-electron chi connectivity index (χ1n) is 21.8. The van der Waals surface area contributed by atoms with E-state index in [9.17, 15) is 15.0 Å². The predicted octanol–water partition coefficient (Wildman–Crippen LogP) is 13.7. The van der Waals surface area contributed by atoms with Crippen LogP contribution in [0, 0.1) is 0 Å². The van der Waals surface area contributed by atoms with Crippen LogP contribution in [0.3, 0.4) is 0 Å². The van der Waals surface area contributed by atoms with Gasteiger partial charge in [-0.2, -0.15) is 0 Å². The van der Waals surface area contributed by atoms with Crippen LogP contribution in [-0.4, -0.2) is 34.9 Å². The highest BCUT2D eigenvalue weighted by Crippen LogP contribution is 2.15. The summed E-state index contributed by atoms with van der Waals surface area (Å²) in [5.74, 6) is -0.0783. The molecule has 2 unspecified atom stereocenters. The number of unbranched alkanes of at least 4 members (excludes halogenated alkanes) is 19. The van der Waals surface area contributed by atoms with E-state index in [2.05, 4.69) is 92.1 Å². The van der Waals surface area contributed by atoms with Crippen molar-refractivity contribution >= 4 is 5.91 Å². The maximum absolute atomic E-state index is 12.2. The summed E-state index contributed by atoms with van der Waals surface area (Å²) in [6.07, 6.45) is 63.5. The van der Waals surface area contributed by atoms with Crippen molar-refractivity contribution in [2.45, 2.75) is 206 Å². The topological polar surface area (TPSA) is 69.6 Å². The van der Waals surface area contributed by atoms with Crippen LogP contribution in [0.15, 0.2) is 85.1 Å². The molecule has 3 N–H and O–H groups in total. The molecule has 0 radical (unpaired) electrons. The Morgan fingerprint density at radius 1 is 0.481 bits per heavy atom. The number of hydrogen-bond acceptors (Lipinski definition) is 3. The second-order valence-electron chi connectivity index (χ2n) is 14.4. The first-order chi connectivity index (χ1) is 25.7. The molecule has 1 amide bonds. The maximum Gasteiger partial charge on any atom is 0.220 e. The molecule has 4 nitrogen and oxygen atoms in total. The molecule has 298 valence electrons. The number of carbonyl (C=O) groups is 1. The standard InChI is InChI=1S/C48H83NO3/c1-3-5-7-8-9-10-11-12-13-14-15-16-17-18-19-20-21-22-23-24-25-26-27-28-29-30-31-32-33-34-35-36-37-38-39-40-42-44-48(52)49-46(45-50)47(51)43-41-6-4-2/h5,7,9-10,12-13,15-16,18-19,21-22,41,43,46-47,50-51H,3-4,6,8,11,14,17,20,23-40,42,44-45H2,1-2H3,(H,49,52)/b7-5-,10-9-,13-12-,16-15-,19-18-,22-21-,43-41+. The zero-order chi connectivity index (χ0) is 37.8. The van der Waals surface area contributed by atoms with Gasteiger partial charge in [0.15, 0.2) is 0 Å². The third-order valence-electron chi connectivity index (χ3n) is 9.37. The average molecular weight is 722 g/mol. The van der Waals surface area contributed by atoms with E-state index in [1.54, 1.807) is 6.08 Å². The summed E-state index contributed by atoms with van der Waals surface area (Å²) in [6, 6.07) is -0.619. The van der Waals surface area contributed by atoms with E-state index in [1.165, 1.54) is 109 Å². The zero-order valence-electron chi connectivity index (χ0n) is 34.0. The number of allylic oxidation sites excluding steroid dienone is 13. The summed E-state index contributed by atoms with van der Waals surface area (Å²) in [5.41, 5.74) is 0. The van der Waals surface area contributed by atoms with Crippen molar-refractivity contribution in [2.24, 2.45) is 0 Å². The fourth-order valence-electron chi connectivity index (χ4n) is 6.07. The minimum absolute atomic E-state index is 0.0783. The van der Waals surface area contributed by atoms with E-state index in [0.29, 0.717) is 6.42 Å². The number of carbonyl (C=O) groups excluding carboxylic acids is 1. The number of aliphatic hydroxyl groups excluding tert-OH is 2. The summed E-state index contributed by atoms with van der Waals surface area (Å²) in [5, 5.41) is 22.4. The SMILES string of the molecule is CC/C=C\C/C=C\C/C=C\C/C=C\C/C=C\C/C=C\CCCCCCCCCCCCCCCCCCCCC(=O)NC(CO)C(O)/C=C/CCC. The molecular weight excluding hydrogens is 639 g/mol. The molecule has 0 aliphatic heterocycles. The third kappa shape index (κ3) is 38.8. The summed E-state index contributed by atoms with van der Waals surface area (Å²) in [4.78, 5) is 12.2. The van der Waals surface area contributed by atoms with Gasteiger partial charge in [-0.3, -0.25) is 4.79 Å². The Hall–Kier alpha value is -2.43. The lowest BCUT2D eigenvalue weighted by atomic mass is 10.0. The lowest BCUT2D eigenvalue weighted by molar-refractivity contribution is -0.123. The largest absolute Gasteiger partial charge is 0.394 e.